The molecule has 0 amide bonds. The molecule has 0 saturated heterocycles. The molecule has 27 heavy (non-hydrogen) atoms. The number of para-hydroxylation sites is 1. The molecule has 0 aliphatic carbocycles. The Bertz CT molecular complexity index is 1010. The third-order valence-electron chi connectivity index (χ3n) is 4.47. The summed E-state index contributed by atoms with van der Waals surface area (Å²) in [6.07, 6.45) is 0. The largest absolute Gasteiger partial charge is 0.478 e. The number of benzene rings is 3. The van der Waals surface area contributed by atoms with Crippen LogP contribution in [0.2, 0.25) is 0 Å². The summed E-state index contributed by atoms with van der Waals surface area (Å²) in [6, 6.07) is 33.2. The van der Waals surface area contributed by atoms with Gasteiger partial charge in [0.1, 0.15) is 0 Å². The van der Waals surface area contributed by atoms with E-state index in [4.69, 9.17) is 0 Å². The third-order valence-corrected chi connectivity index (χ3v) is 4.47. The normalized spacial score (nSPS) is 10.5. The highest BCUT2D eigenvalue weighted by Crippen LogP contribution is 2.25. The van der Waals surface area contributed by atoms with E-state index in [0.29, 0.717) is 0 Å². The Balaban J connectivity index is 2.11. The SMILES string of the molecule is O=C(O)c1cc(-c2ccccc2)[n+](-c2ccccc2)c(-c2ccccc2)c1. The zero-order valence-electron chi connectivity index (χ0n) is 14.6. The van der Waals surface area contributed by atoms with E-state index in [0.717, 1.165) is 28.2 Å². The first-order valence-electron chi connectivity index (χ1n) is 8.74. The lowest BCUT2D eigenvalue weighted by molar-refractivity contribution is -0.572. The Kier molecular flexibility index (Phi) is 4.50. The lowest BCUT2D eigenvalue weighted by Gasteiger charge is -2.10. The van der Waals surface area contributed by atoms with Gasteiger partial charge in [-0.05, 0) is 24.3 Å². The van der Waals surface area contributed by atoms with E-state index < -0.39 is 5.97 Å². The molecule has 3 nitrogen and oxygen atoms in total. The molecule has 1 N–H and O–H groups in total. The second kappa shape index (κ2) is 7.26. The van der Waals surface area contributed by atoms with Crippen molar-refractivity contribution in [1.29, 1.82) is 0 Å². The van der Waals surface area contributed by atoms with Gasteiger partial charge in [0.25, 0.3) is 0 Å². The van der Waals surface area contributed by atoms with Gasteiger partial charge in [0, 0.05) is 35.4 Å². The number of pyridine rings is 1. The van der Waals surface area contributed by atoms with E-state index in [1.54, 1.807) is 12.1 Å². The van der Waals surface area contributed by atoms with E-state index in [1.807, 2.05) is 91.0 Å². The number of carbonyl (C=O) groups is 1. The van der Waals surface area contributed by atoms with Crippen LogP contribution < -0.4 is 4.57 Å². The van der Waals surface area contributed by atoms with Gasteiger partial charge < -0.3 is 5.11 Å². The lowest BCUT2D eigenvalue weighted by atomic mass is 10.0. The van der Waals surface area contributed by atoms with Crippen LogP contribution in [0.3, 0.4) is 0 Å². The fourth-order valence-electron chi connectivity index (χ4n) is 3.22. The van der Waals surface area contributed by atoms with Crippen LogP contribution in [0.15, 0.2) is 103 Å². The molecule has 1 heterocycles. The Morgan fingerprint density at radius 3 is 1.44 bits per heavy atom. The first-order chi connectivity index (χ1) is 13.2. The molecule has 0 spiro atoms. The molecule has 0 radical (unpaired) electrons. The minimum atomic E-state index is -0.940. The summed E-state index contributed by atoms with van der Waals surface area (Å²) >= 11 is 0. The standard InChI is InChI=1S/C24H17NO2/c26-24(27)20-16-22(18-10-4-1-5-11-18)25(21-14-8-3-9-15-21)23(17-20)19-12-6-2-7-13-19/h1-17H/p+1. The molecule has 0 atom stereocenters. The zero-order valence-corrected chi connectivity index (χ0v) is 14.6. The van der Waals surface area contributed by atoms with Crippen molar-refractivity contribution in [3.63, 3.8) is 0 Å². The maximum absolute atomic E-state index is 11.8. The minimum Gasteiger partial charge on any atom is -0.478 e. The molecule has 4 aromatic rings. The second-order valence-electron chi connectivity index (χ2n) is 6.22. The van der Waals surface area contributed by atoms with Gasteiger partial charge >= 0.3 is 5.97 Å². The van der Waals surface area contributed by atoms with Crippen LogP contribution in [0.25, 0.3) is 28.2 Å². The summed E-state index contributed by atoms with van der Waals surface area (Å²) in [5, 5.41) is 9.68. The molecule has 130 valence electrons. The molecule has 1 aromatic heterocycles. The molecule has 0 bridgehead atoms. The van der Waals surface area contributed by atoms with E-state index in [2.05, 4.69) is 4.57 Å². The summed E-state index contributed by atoms with van der Waals surface area (Å²) in [7, 11) is 0. The van der Waals surface area contributed by atoms with Crippen molar-refractivity contribution < 1.29 is 14.5 Å². The fourth-order valence-corrected chi connectivity index (χ4v) is 3.22. The van der Waals surface area contributed by atoms with Crippen LogP contribution in [0.1, 0.15) is 10.4 Å². The molecular formula is C24H18NO2+. The maximum Gasteiger partial charge on any atom is 0.336 e. The molecule has 4 rings (SSSR count). The molecule has 0 aliphatic rings. The number of carboxylic acids is 1. The van der Waals surface area contributed by atoms with Crippen LogP contribution in [0.4, 0.5) is 0 Å². The van der Waals surface area contributed by atoms with Gasteiger partial charge in [0.15, 0.2) is 0 Å². The van der Waals surface area contributed by atoms with Crippen molar-refractivity contribution in [2.24, 2.45) is 0 Å². The molecule has 0 aliphatic heterocycles. The molecule has 0 fully saturated rings. The van der Waals surface area contributed by atoms with Gasteiger partial charge in [0.2, 0.25) is 17.1 Å². The number of hydrogen-bond donors (Lipinski definition) is 1. The van der Waals surface area contributed by atoms with Crippen molar-refractivity contribution in [2.75, 3.05) is 0 Å². The smallest absolute Gasteiger partial charge is 0.336 e. The fraction of sp³-hybridized carbons (Fsp3) is 0. The summed E-state index contributed by atoms with van der Waals surface area (Å²) in [6.45, 7) is 0. The molecular weight excluding hydrogens is 334 g/mol. The van der Waals surface area contributed by atoms with Gasteiger partial charge in [0.05, 0.1) is 5.56 Å². The molecule has 3 heteroatoms. The van der Waals surface area contributed by atoms with Gasteiger partial charge in [-0.1, -0.05) is 54.6 Å². The number of aromatic nitrogens is 1. The van der Waals surface area contributed by atoms with Crippen molar-refractivity contribution in [2.45, 2.75) is 0 Å². The van der Waals surface area contributed by atoms with Crippen molar-refractivity contribution in [3.8, 4) is 28.2 Å². The number of hydrogen-bond acceptors (Lipinski definition) is 1. The first kappa shape index (κ1) is 16.7. The Labute approximate surface area is 157 Å². The lowest BCUT2D eigenvalue weighted by Crippen LogP contribution is -2.36. The van der Waals surface area contributed by atoms with Gasteiger partial charge in [-0.15, -0.1) is 0 Å². The van der Waals surface area contributed by atoms with Crippen LogP contribution in [-0.4, -0.2) is 11.1 Å². The van der Waals surface area contributed by atoms with Crippen molar-refractivity contribution >= 4 is 5.97 Å². The van der Waals surface area contributed by atoms with Crippen LogP contribution >= 0.6 is 0 Å². The number of nitrogens with zero attached hydrogens (tertiary/aromatic N) is 1. The summed E-state index contributed by atoms with van der Waals surface area (Å²) < 4.78 is 2.11. The maximum atomic E-state index is 11.8. The highest BCUT2D eigenvalue weighted by molar-refractivity contribution is 5.90. The monoisotopic (exact) mass is 352 g/mol. The average molecular weight is 352 g/mol. The zero-order chi connectivity index (χ0) is 18.6. The quantitative estimate of drug-likeness (QED) is 0.525. The number of aromatic carboxylic acids is 1. The van der Waals surface area contributed by atoms with Gasteiger partial charge in [-0.3, -0.25) is 0 Å². The van der Waals surface area contributed by atoms with E-state index in [-0.39, 0.29) is 5.56 Å². The van der Waals surface area contributed by atoms with E-state index in [1.165, 1.54) is 0 Å². The summed E-state index contributed by atoms with van der Waals surface area (Å²) in [5.74, 6) is -0.940. The van der Waals surface area contributed by atoms with Crippen molar-refractivity contribution in [1.82, 2.24) is 0 Å². The van der Waals surface area contributed by atoms with Gasteiger partial charge in [-0.2, -0.15) is 4.57 Å². The second-order valence-corrected chi connectivity index (χ2v) is 6.22. The number of carboxylic acid groups (broad SMARTS) is 1. The highest BCUT2D eigenvalue weighted by atomic mass is 16.4. The first-order valence-corrected chi connectivity index (χ1v) is 8.74. The van der Waals surface area contributed by atoms with E-state index in [9.17, 15) is 9.90 Å². The van der Waals surface area contributed by atoms with Crippen LogP contribution in [0.5, 0.6) is 0 Å². The molecule has 3 aromatic carbocycles. The Morgan fingerprint density at radius 1 is 0.630 bits per heavy atom. The average Bonchev–Trinajstić information content (AvgIpc) is 2.74. The topological polar surface area (TPSA) is 41.2 Å². The summed E-state index contributed by atoms with van der Waals surface area (Å²) in [4.78, 5) is 11.8. The predicted molar refractivity (Wildman–Crippen MR) is 106 cm³/mol. The Hall–Kier alpha value is -3.72. The third kappa shape index (κ3) is 3.35. The van der Waals surface area contributed by atoms with Crippen LogP contribution in [0, 0.1) is 0 Å². The summed E-state index contributed by atoms with van der Waals surface area (Å²) in [5.41, 5.74) is 4.83. The predicted octanol–water partition coefficient (Wildman–Crippen LogP) is 5.00. The Morgan fingerprint density at radius 2 is 1.04 bits per heavy atom. The minimum absolute atomic E-state index is 0.264. The molecule has 0 saturated carbocycles. The number of rotatable bonds is 4. The van der Waals surface area contributed by atoms with Crippen molar-refractivity contribution in [3.05, 3.63) is 109 Å². The molecule has 0 unspecified atom stereocenters. The highest BCUT2D eigenvalue weighted by Gasteiger charge is 2.25. The van der Waals surface area contributed by atoms with Crippen LogP contribution in [-0.2, 0) is 0 Å². The van der Waals surface area contributed by atoms with Gasteiger partial charge in [-0.25, -0.2) is 4.79 Å². The van der Waals surface area contributed by atoms with E-state index >= 15 is 0 Å².